The van der Waals surface area contributed by atoms with Crippen LogP contribution in [-0.2, 0) is 24.2 Å². The third kappa shape index (κ3) is 5.00. The number of hydrogen-bond acceptors (Lipinski definition) is 7. The molecule has 2 aliphatic heterocycles. The number of hydrogen-bond donors (Lipinski definition) is 3. The Morgan fingerprint density at radius 1 is 1.33 bits per heavy atom. The monoisotopic (exact) mass is 454 g/mol. The van der Waals surface area contributed by atoms with Crippen molar-refractivity contribution in [1.82, 2.24) is 25.7 Å². The van der Waals surface area contributed by atoms with E-state index in [-0.39, 0.29) is 18.0 Å². The predicted octanol–water partition coefficient (Wildman–Crippen LogP) is 2.12. The second-order valence-corrected chi connectivity index (χ2v) is 8.52. The summed E-state index contributed by atoms with van der Waals surface area (Å²) in [6.45, 7) is 2.98. The molecule has 33 heavy (non-hydrogen) atoms. The van der Waals surface area contributed by atoms with Crippen molar-refractivity contribution in [3.05, 3.63) is 59.1 Å². The van der Waals surface area contributed by atoms with Crippen molar-refractivity contribution >= 4 is 12.3 Å². The maximum Gasteiger partial charge on any atom is 0.415 e. The Hall–Kier alpha value is -3.40. The smallest absolute Gasteiger partial charge is 0.415 e. The van der Waals surface area contributed by atoms with E-state index in [0.717, 1.165) is 36.3 Å². The summed E-state index contributed by atoms with van der Waals surface area (Å²) in [7, 11) is 0. The second kappa shape index (κ2) is 9.62. The van der Waals surface area contributed by atoms with Crippen LogP contribution in [0.2, 0.25) is 0 Å². The Balaban J connectivity index is 1.06. The number of nitrogens with one attached hydrogen (secondary N) is 3. The minimum absolute atomic E-state index is 0.171. The molecule has 9 nitrogen and oxygen atoms in total. The van der Waals surface area contributed by atoms with Gasteiger partial charge in [0, 0.05) is 31.2 Å². The van der Waals surface area contributed by atoms with Crippen LogP contribution >= 0.6 is 0 Å². The maximum atomic E-state index is 14.6. The number of aliphatic imine (C=N–C) groups is 1. The van der Waals surface area contributed by atoms with E-state index in [0.29, 0.717) is 50.0 Å². The van der Waals surface area contributed by atoms with Crippen molar-refractivity contribution in [2.45, 2.75) is 32.0 Å². The Morgan fingerprint density at radius 2 is 2.27 bits per heavy atom. The molecule has 0 radical (unpaired) electrons. The molecule has 2 unspecified atom stereocenters. The quantitative estimate of drug-likeness (QED) is 0.502. The fourth-order valence-corrected chi connectivity index (χ4v) is 4.46. The van der Waals surface area contributed by atoms with Gasteiger partial charge >= 0.3 is 6.09 Å². The average molecular weight is 455 g/mol. The van der Waals surface area contributed by atoms with E-state index in [9.17, 15) is 9.18 Å². The number of carbonyl (C=O) groups excluding carboxylic acids is 1. The molecule has 1 amide bonds. The van der Waals surface area contributed by atoms with E-state index in [2.05, 4.69) is 25.8 Å². The van der Waals surface area contributed by atoms with Crippen LogP contribution in [0.25, 0.3) is 0 Å². The van der Waals surface area contributed by atoms with Gasteiger partial charge in [-0.3, -0.25) is 10.00 Å². The highest BCUT2D eigenvalue weighted by Gasteiger charge is 2.33. The summed E-state index contributed by atoms with van der Waals surface area (Å²) in [5.74, 6) is 1.24. The Labute approximate surface area is 191 Å². The van der Waals surface area contributed by atoms with Gasteiger partial charge in [0.05, 0.1) is 12.2 Å². The number of amides is 1. The molecule has 1 saturated heterocycles. The number of nitrogens with zero attached hydrogens (tertiary/aromatic N) is 3. The minimum atomic E-state index is -0.362. The molecule has 5 rings (SSSR count). The van der Waals surface area contributed by atoms with Gasteiger partial charge in [-0.1, -0.05) is 0 Å². The Bertz CT molecular complexity index is 1050. The molecular weight excluding hydrogens is 427 g/mol. The molecule has 0 bridgehead atoms. The molecular formula is C23H27FN6O3. The van der Waals surface area contributed by atoms with Crippen molar-refractivity contribution in [3.8, 4) is 5.75 Å². The van der Waals surface area contributed by atoms with Crippen LogP contribution in [0.4, 0.5) is 9.18 Å². The Kier molecular flexibility index (Phi) is 6.25. The van der Waals surface area contributed by atoms with Crippen molar-refractivity contribution in [3.63, 3.8) is 0 Å². The SMILES string of the molecule is O=C1OC(CCNCC2Cc3cc(OCc4ccn[nH]4)cc(F)c3C2)CN1C1=CNCC=N1. The lowest BCUT2D eigenvalue weighted by molar-refractivity contribution is 0.130. The van der Waals surface area contributed by atoms with E-state index in [1.807, 2.05) is 12.1 Å². The van der Waals surface area contributed by atoms with Crippen LogP contribution in [0.3, 0.4) is 0 Å². The third-order valence-electron chi connectivity index (χ3n) is 6.11. The molecule has 1 fully saturated rings. The van der Waals surface area contributed by atoms with Gasteiger partial charge in [0.15, 0.2) is 5.82 Å². The molecule has 3 N–H and O–H groups in total. The summed E-state index contributed by atoms with van der Waals surface area (Å²) >= 11 is 0. The number of aromatic nitrogens is 2. The Morgan fingerprint density at radius 3 is 3.09 bits per heavy atom. The molecule has 1 aromatic carbocycles. The first kappa shape index (κ1) is 21.4. The first-order valence-corrected chi connectivity index (χ1v) is 11.2. The summed E-state index contributed by atoms with van der Waals surface area (Å²) in [5.41, 5.74) is 2.64. The van der Waals surface area contributed by atoms with Gasteiger partial charge in [-0.15, -0.1) is 0 Å². The van der Waals surface area contributed by atoms with Gasteiger partial charge in [0.1, 0.15) is 24.3 Å². The largest absolute Gasteiger partial charge is 0.487 e. The number of cyclic esters (lactones) is 1. The molecule has 0 saturated carbocycles. The van der Waals surface area contributed by atoms with Crippen molar-refractivity contribution < 1.29 is 18.7 Å². The highest BCUT2D eigenvalue weighted by atomic mass is 19.1. The van der Waals surface area contributed by atoms with Crippen LogP contribution in [-0.4, -0.2) is 59.7 Å². The number of benzene rings is 1. The van der Waals surface area contributed by atoms with E-state index in [1.165, 1.54) is 6.07 Å². The van der Waals surface area contributed by atoms with Crippen LogP contribution < -0.4 is 15.4 Å². The zero-order valence-corrected chi connectivity index (χ0v) is 18.2. The zero-order valence-electron chi connectivity index (χ0n) is 18.2. The van der Waals surface area contributed by atoms with E-state index in [1.54, 1.807) is 23.5 Å². The van der Waals surface area contributed by atoms with Gasteiger partial charge < -0.3 is 20.1 Å². The molecule has 174 valence electrons. The summed E-state index contributed by atoms with van der Waals surface area (Å²) in [4.78, 5) is 17.9. The number of ether oxygens (including phenoxy) is 2. The second-order valence-electron chi connectivity index (χ2n) is 8.52. The zero-order chi connectivity index (χ0) is 22.6. The topological polar surface area (TPSA) is 104 Å². The van der Waals surface area contributed by atoms with E-state index >= 15 is 0 Å². The highest BCUT2D eigenvalue weighted by Crippen LogP contribution is 2.32. The third-order valence-corrected chi connectivity index (χ3v) is 6.11. The number of aromatic amines is 1. The maximum absolute atomic E-state index is 14.6. The number of fused-ring (bicyclic) bond motifs is 1. The van der Waals surface area contributed by atoms with Gasteiger partial charge in [-0.05, 0) is 61.5 Å². The molecule has 3 heterocycles. The lowest BCUT2D eigenvalue weighted by Gasteiger charge is -2.16. The highest BCUT2D eigenvalue weighted by molar-refractivity contribution is 5.73. The number of halogens is 1. The molecule has 2 atom stereocenters. The van der Waals surface area contributed by atoms with Gasteiger partial charge in [0.25, 0.3) is 0 Å². The van der Waals surface area contributed by atoms with Crippen LogP contribution in [0.15, 0.2) is 41.4 Å². The number of rotatable bonds is 9. The lowest BCUT2D eigenvalue weighted by Crippen LogP contribution is -2.29. The lowest BCUT2D eigenvalue weighted by atomic mass is 10.1. The van der Waals surface area contributed by atoms with Crippen LogP contribution in [0.1, 0.15) is 23.2 Å². The molecule has 1 aromatic heterocycles. The first-order valence-electron chi connectivity index (χ1n) is 11.2. The fourth-order valence-electron chi connectivity index (χ4n) is 4.46. The predicted molar refractivity (Wildman–Crippen MR) is 119 cm³/mol. The summed E-state index contributed by atoms with van der Waals surface area (Å²) in [6.07, 6.45) is 6.82. The van der Waals surface area contributed by atoms with Crippen molar-refractivity contribution in [1.29, 1.82) is 0 Å². The molecule has 0 spiro atoms. The van der Waals surface area contributed by atoms with Crippen molar-refractivity contribution in [2.24, 2.45) is 10.9 Å². The molecule has 1 aliphatic carbocycles. The minimum Gasteiger partial charge on any atom is -0.487 e. The molecule has 2 aromatic rings. The normalized spacial score (nSPS) is 21.5. The van der Waals surface area contributed by atoms with Crippen molar-refractivity contribution in [2.75, 3.05) is 26.2 Å². The standard InChI is InChI=1S/C23H27FN6O3/c24-21-10-19(32-14-17-1-4-28-29-17)9-16-7-15(8-20(16)21)11-25-3-2-18-13-30(23(31)33-18)22-12-26-5-6-27-22/h1,4,6,9-10,12,15,18,25-26H,2-3,5,7-8,11,13-14H2,(H,28,29). The molecule has 10 heteroatoms. The van der Waals surface area contributed by atoms with Gasteiger partial charge in [-0.25, -0.2) is 14.2 Å². The number of carbonyl (C=O) groups is 1. The first-order chi connectivity index (χ1) is 16.2. The van der Waals surface area contributed by atoms with Crippen LogP contribution in [0, 0.1) is 11.7 Å². The summed E-state index contributed by atoms with van der Waals surface area (Å²) in [5, 5.41) is 13.2. The van der Waals surface area contributed by atoms with Gasteiger partial charge in [0.2, 0.25) is 0 Å². The number of H-pyrrole nitrogens is 1. The average Bonchev–Trinajstić information content (AvgIpc) is 3.56. The van der Waals surface area contributed by atoms with E-state index in [4.69, 9.17) is 9.47 Å². The fraction of sp³-hybridized carbons (Fsp3) is 0.435. The van der Waals surface area contributed by atoms with Gasteiger partial charge in [-0.2, -0.15) is 5.10 Å². The summed E-state index contributed by atoms with van der Waals surface area (Å²) < 4.78 is 25.8. The van der Waals surface area contributed by atoms with E-state index < -0.39 is 0 Å². The summed E-state index contributed by atoms with van der Waals surface area (Å²) in [6, 6.07) is 5.24. The van der Waals surface area contributed by atoms with Crippen LogP contribution in [0.5, 0.6) is 5.75 Å². The molecule has 3 aliphatic rings.